The lowest BCUT2D eigenvalue weighted by atomic mass is 10.1. The van der Waals surface area contributed by atoms with E-state index in [0.29, 0.717) is 13.1 Å². The molecule has 1 unspecified atom stereocenters. The molecule has 8 heteroatoms. The van der Waals surface area contributed by atoms with Gasteiger partial charge in [0.25, 0.3) is 0 Å². The van der Waals surface area contributed by atoms with E-state index in [1.165, 1.54) is 28.6 Å². The molecule has 1 aliphatic heterocycles. The summed E-state index contributed by atoms with van der Waals surface area (Å²) in [4.78, 5) is 0.242. The third-order valence-electron chi connectivity index (χ3n) is 4.68. The molecule has 2 rings (SSSR count). The lowest BCUT2D eigenvalue weighted by Gasteiger charge is -2.25. The van der Waals surface area contributed by atoms with Gasteiger partial charge in [0.2, 0.25) is 20.0 Å². The zero-order valence-corrected chi connectivity index (χ0v) is 17.3. The number of hydrogen-bond acceptors (Lipinski definition) is 4. The molecule has 1 heterocycles. The van der Waals surface area contributed by atoms with Crippen molar-refractivity contribution in [1.29, 1.82) is 0 Å². The first kappa shape index (κ1) is 21.3. The number of piperidine rings is 1. The van der Waals surface area contributed by atoms with E-state index in [-0.39, 0.29) is 15.8 Å². The summed E-state index contributed by atoms with van der Waals surface area (Å²) in [5.41, 5.74) is 0. The first-order chi connectivity index (χ1) is 12.3. The first-order valence-electron chi connectivity index (χ1n) is 9.40. The van der Waals surface area contributed by atoms with Crippen LogP contribution in [0.5, 0.6) is 0 Å². The van der Waals surface area contributed by atoms with E-state index in [1.54, 1.807) is 0 Å². The average Bonchev–Trinajstić information content (AvgIpc) is 2.62. The zero-order chi connectivity index (χ0) is 19.2. The molecule has 1 aromatic rings. The van der Waals surface area contributed by atoms with Crippen LogP contribution >= 0.6 is 0 Å². The molecule has 1 aliphatic rings. The highest BCUT2D eigenvalue weighted by Crippen LogP contribution is 2.22. The quantitative estimate of drug-likeness (QED) is 0.643. The number of nitrogens with zero attached hydrogens (tertiary/aromatic N) is 1. The third-order valence-corrected chi connectivity index (χ3v) is 8.20. The van der Waals surface area contributed by atoms with E-state index in [4.69, 9.17) is 0 Å². The molecule has 1 fully saturated rings. The molecule has 26 heavy (non-hydrogen) atoms. The van der Waals surface area contributed by atoms with E-state index >= 15 is 0 Å². The van der Waals surface area contributed by atoms with Crippen LogP contribution in [0, 0.1) is 0 Å². The molecule has 1 atom stereocenters. The standard InChI is InChI=1S/C18H30N2O4S2/c1-3-4-6-9-16(2)19-25(21,22)17-10-12-18(13-11-17)26(23,24)20-14-7-5-8-15-20/h10-13,16,19H,3-9,14-15H2,1-2H3. The van der Waals surface area contributed by atoms with Gasteiger partial charge in [-0.15, -0.1) is 0 Å². The second-order valence-corrected chi connectivity index (χ2v) is 10.6. The third kappa shape index (κ3) is 5.52. The first-order valence-corrected chi connectivity index (χ1v) is 12.3. The van der Waals surface area contributed by atoms with Crippen molar-refractivity contribution in [3.63, 3.8) is 0 Å². The number of unbranched alkanes of at least 4 members (excludes halogenated alkanes) is 2. The van der Waals surface area contributed by atoms with Crippen LogP contribution in [0.25, 0.3) is 0 Å². The Labute approximate surface area is 158 Å². The highest BCUT2D eigenvalue weighted by atomic mass is 32.2. The molecular formula is C18H30N2O4S2. The highest BCUT2D eigenvalue weighted by Gasteiger charge is 2.26. The monoisotopic (exact) mass is 402 g/mol. The normalized spacial score (nSPS) is 17.9. The molecule has 1 saturated heterocycles. The van der Waals surface area contributed by atoms with E-state index in [9.17, 15) is 16.8 Å². The minimum Gasteiger partial charge on any atom is -0.208 e. The van der Waals surface area contributed by atoms with Crippen LogP contribution in [0.1, 0.15) is 58.8 Å². The molecule has 0 amide bonds. The zero-order valence-electron chi connectivity index (χ0n) is 15.6. The molecule has 0 aromatic heterocycles. The summed E-state index contributed by atoms with van der Waals surface area (Å²) >= 11 is 0. The summed E-state index contributed by atoms with van der Waals surface area (Å²) < 4.78 is 54.3. The van der Waals surface area contributed by atoms with Gasteiger partial charge in [-0.1, -0.05) is 32.6 Å². The van der Waals surface area contributed by atoms with Gasteiger partial charge in [0, 0.05) is 19.1 Å². The van der Waals surface area contributed by atoms with E-state index < -0.39 is 20.0 Å². The van der Waals surface area contributed by atoms with Gasteiger partial charge >= 0.3 is 0 Å². The smallest absolute Gasteiger partial charge is 0.208 e. The van der Waals surface area contributed by atoms with E-state index in [0.717, 1.165) is 44.9 Å². The molecule has 6 nitrogen and oxygen atoms in total. The Morgan fingerprint density at radius 3 is 2.12 bits per heavy atom. The van der Waals surface area contributed by atoms with Crippen LogP contribution in [-0.4, -0.2) is 40.3 Å². The molecule has 0 radical (unpaired) electrons. The number of hydrogen-bond donors (Lipinski definition) is 1. The van der Waals surface area contributed by atoms with E-state index in [2.05, 4.69) is 11.6 Å². The summed E-state index contributed by atoms with van der Waals surface area (Å²) in [7, 11) is -7.19. The number of benzene rings is 1. The Kier molecular flexibility index (Phi) is 7.63. The summed E-state index contributed by atoms with van der Waals surface area (Å²) in [5.74, 6) is 0. The Morgan fingerprint density at radius 1 is 0.962 bits per heavy atom. The fourth-order valence-electron chi connectivity index (χ4n) is 3.14. The van der Waals surface area contributed by atoms with E-state index in [1.807, 2.05) is 6.92 Å². The Balaban J connectivity index is 2.08. The number of sulfonamides is 2. The van der Waals surface area contributed by atoms with Gasteiger partial charge in [0.15, 0.2) is 0 Å². The minimum absolute atomic E-state index is 0.0948. The van der Waals surface area contributed by atoms with Gasteiger partial charge in [-0.2, -0.15) is 4.31 Å². The van der Waals surface area contributed by atoms with Crippen molar-refractivity contribution < 1.29 is 16.8 Å². The van der Waals surface area contributed by atoms with Crippen LogP contribution in [-0.2, 0) is 20.0 Å². The van der Waals surface area contributed by atoms with Gasteiger partial charge in [0.05, 0.1) is 9.79 Å². The predicted molar refractivity (Wildman–Crippen MR) is 103 cm³/mol. The Morgan fingerprint density at radius 2 is 1.54 bits per heavy atom. The van der Waals surface area contributed by atoms with Crippen LogP contribution in [0.15, 0.2) is 34.1 Å². The maximum absolute atomic E-state index is 12.6. The molecule has 0 aliphatic carbocycles. The molecule has 0 bridgehead atoms. The predicted octanol–water partition coefficient (Wildman–Crippen LogP) is 3.11. The van der Waals surface area contributed by atoms with Crippen LogP contribution < -0.4 is 4.72 Å². The van der Waals surface area contributed by atoms with Crippen molar-refractivity contribution in [3.05, 3.63) is 24.3 Å². The molecule has 148 valence electrons. The van der Waals surface area contributed by atoms with Gasteiger partial charge < -0.3 is 0 Å². The average molecular weight is 403 g/mol. The summed E-state index contributed by atoms with van der Waals surface area (Å²) in [6.07, 6.45) is 6.71. The summed E-state index contributed by atoms with van der Waals surface area (Å²) in [6.45, 7) is 5.01. The largest absolute Gasteiger partial charge is 0.243 e. The summed E-state index contributed by atoms with van der Waals surface area (Å²) in [5, 5.41) is 0. The van der Waals surface area contributed by atoms with Gasteiger partial charge in [0.1, 0.15) is 0 Å². The molecular weight excluding hydrogens is 372 g/mol. The molecule has 1 aromatic carbocycles. The summed E-state index contributed by atoms with van der Waals surface area (Å²) in [6, 6.07) is 5.37. The van der Waals surface area contributed by atoms with Crippen LogP contribution in [0.2, 0.25) is 0 Å². The lowest BCUT2D eigenvalue weighted by molar-refractivity contribution is 0.346. The fraction of sp³-hybridized carbons (Fsp3) is 0.667. The molecule has 0 spiro atoms. The van der Waals surface area contributed by atoms with Crippen molar-refractivity contribution in [3.8, 4) is 0 Å². The SMILES string of the molecule is CCCCCC(C)NS(=O)(=O)c1ccc(S(=O)(=O)N2CCCCC2)cc1. The Bertz CT molecular complexity index is 768. The van der Waals surface area contributed by atoms with Crippen LogP contribution in [0.3, 0.4) is 0 Å². The molecule has 0 saturated carbocycles. The minimum atomic E-state index is -3.64. The van der Waals surface area contributed by atoms with Crippen molar-refractivity contribution in [1.82, 2.24) is 9.03 Å². The second kappa shape index (κ2) is 9.30. The van der Waals surface area contributed by atoms with Crippen molar-refractivity contribution in [2.45, 2.75) is 74.6 Å². The van der Waals surface area contributed by atoms with Crippen molar-refractivity contribution >= 4 is 20.0 Å². The fourth-order valence-corrected chi connectivity index (χ4v) is 5.93. The van der Waals surface area contributed by atoms with Crippen molar-refractivity contribution in [2.75, 3.05) is 13.1 Å². The maximum Gasteiger partial charge on any atom is 0.243 e. The van der Waals surface area contributed by atoms with Gasteiger partial charge in [-0.05, 0) is 50.5 Å². The van der Waals surface area contributed by atoms with Gasteiger partial charge in [-0.3, -0.25) is 0 Å². The Hall–Kier alpha value is -0.960. The van der Waals surface area contributed by atoms with Crippen LogP contribution in [0.4, 0.5) is 0 Å². The van der Waals surface area contributed by atoms with Gasteiger partial charge in [-0.25, -0.2) is 21.6 Å². The highest BCUT2D eigenvalue weighted by molar-refractivity contribution is 7.89. The maximum atomic E-state index is 12.6. The number of nitrogens with one attached hydrogen (secondary N) is 1. The topological polar surface area (TPSA) is 83.5 Å². The molecule has 1 N–H and O–H groups in total. The second-order valence-electron chi connectivity index (χ2n) is 6.95. The lowest BCUT2D eigenvalue weighted by Crippen LogP contribution is -2.35. The van der Waals surface area contributed by atoms with Crippen molar-refractivity contribution in [2.24, 2.45) is 0 Å². The number of rotatable bonds is 9.